The van der Waals surface area contributed by atoms with Crippen molar-refractivity contribution in [2.45, 2.75) is 6.54 Å². The van der Waals surface area contributed by atoms with E-state index in [1.807, 2.05) is 6.07 Å². The lowest BCUT2D eigenvalue weighted by Gasteiger charge is -2.34. The summed E-state index contributed by atoms with van der Waals surface area (Å²) in [6, 6.07) is 14.7. The van der Waals surface area contributed by atoms with Gasteiger partial charge in [0.2, 0.25) is 0 Å². The highest BCUT2D eigenvalue weighted by Gasteiger charge is 2.19. The van der Waals surface area contributed by atoms with Crippen LogP contribution >= 0.6 is 0 Å². The van der Waals surface area contributed by atoms with E-state index in [2.05, 4.69) is 39.4 Å². The normalized spacial score (nSPS) is 15.1. The van der Waals surface area contributed by atoms with E-state index in [-0.39, 0.29) is 22.9 Å². The SMILES string of the molecule is COc1ccc(C(=O)NCCN2CCN(Cc3ccccc3)CC2)cc1[N+](=O)[O-]. The number of ether oxygens (including phenoxy) is 1. The molecule has 0 aliphatic carbocycles. The molecule has 1 fully saturated rings. The molecule has 0 saturated carbocycles. The molecule has 29 heavy (non-hydrogen) atoms. The van der Waals surface area contributed by atoms with Gasteiger partial charge in [-0.05, 0) is 17.7 Å². The number of hydrogen-bond acceptors (Lipinski definition) is 6. The molecule has 3 rings (SSSR count). The largest absolute Gasteiger partial charge is 0.490 e. The van der Waals surface area contributed by atoms with Gasteiger partial charge in [0, 0.05) is 57.4 Å². The topological polar surface area (TPSA) is 88.0 Å². The Bertz CT molecular complexity index is 836. The Kier molecular flexibility index (Phi) is 7.15. The minimum atomic E-state index is -0.551. The maximum atomic E-state index is 12.3. The number of hydrogen-bond donors (Lipinski definition) is 1. The van der Waals surface area contributed by atoms with Crippen LogP contribution in [0.2, 0.25) is 0 Å². The van der Waals surface area contributed by atoms with Gasteiger partial charge in [0.15, 0.2) is 5.75 Å². The Balaban J connectivity index is 1.42. The van der Waals surface area contributed by atoms with Crippen LogP contribution in [0.25, 0.3) is 0 Å². The van der Waals surface area contributed by atoms with E-state index < -0.39 is 4.92 Å². The highest BCUT2D eigenvalue weighted by molar-refractivity contribution is 5.95. The van der Waals surface area contributed by atoms with Crippen LogP contribution in [0.1, 0.15) is 15.9 Å². The summed E-state index contributed by atoms with van der Waals surface area (Å²) >= 11 is 0. The Labute approximate surface area is 170 Å². The van der Waals surface area contributed by atoms with Gasteiger partial charge in [-0.2, -0.15) is 0 Å². The van der Waals surface area contributed by atoms with Crippen LogP contribution in [0.5, 0.6) is 5.75 Å². The first-order valence-corrected chi connectivity index (χ1v) is 9.66. The minimum Gasteiger partial charge on any atom is -0.490 e. The molecule has 0 bridgehead atoms. The van der Waals surface area contributed by atoms with Gasteiger partial charge in [-0.25, -0.2) is 0 Å². The number of rotatable bonds is 8. The van der Waals surface area contributed by atoms with Crippen molar-refractivity contribution in [1.29, 1.82) is 0 Å². The van der Waals surface area contributed by atoms with Crippen LogP contribution < -0.4 is 10.1 Å². The van der Waals surface area contributed by atoms with Crippen molar-refractivity contribution in [3.8, 4) is 5.75 Å². The lowest BCUT2D eigenvalue weighted by molar-refractivity contribution is -0.385. The van der Waals surface area contributed by atoms with Gasteiger partial charge in [-0.3, -0.25) is 24.7 Å². The molecule has 2 aromatic carbocycles. The Hall–Kier alpha value is -2.97. The standard InChI is InChI=1S/C21H26N4O4/c1-29-20-8-7-18(15-19(20)25(27)28)21(26)22-9-10-23-11-13-24(14-12-23)16-17-5-3-2-4-6-17/h2-8,15H,9-14,16H2,1H3,(H,22,26). The molecule has 8 nitrogen and oxygen atoms in total. The zero-order chi connectivity index (χ0) is 20.6. The fourth-order valence-electron chi connectivity index (χ4n) is 3.42. The van der Waals surface area contributed by atoms with Gasteiger partial charge in [0.05, 0.1) is 12.0 Å². The van der Waals surface area contributed by atoms with Crippen molar-refractivity contribution in [3.05, 3.63) is 69.8 Å². The first kappa shape index (κ1) is 20.8. The molecule has 0 unspecified atom stereocenters. The van der Waals surface area contributed by atoms with Crippen molar-refractivity contribution in [1.82, 2.24) is 15.1 Å². The van der Waals surface area contributed by atoms with Crippen LogP contribution in [-0.2, 0) is 6.54 Å². The number of methoxy groups -OCH3 is 1. The van der Waals surface area contributed by atoms with Gasteiger partial charge in [-0.15, -0.1) is 0 Å². The molecule has 0 radical (unpaired) electrons. The van der Waals surface area contributed by atoms with Crippen molar-refractivity contribution in [2.75, 3.05) is 46.4 Å². The number of benzene rings is 2. The first-order chi connectivity index (χ1) is 14.1. The number of nitrogens with one attached hydrogen (secondary N) is 1. The smallest absolute Gasteiger partial charge is 0.311 e. The van der Waals surface area contributed by atoms with Crippen molar-refractivity contribution >= 4 is 11.6 Å². The number of nitrogens with zero attached hydrogens (tertiary/aromatic N) is 3. The van der Waals surface area contributed by atoms with Crippen LogP contribution in [-0.4, -0.2) is 67.0 Å². The maximum absolute atomic E-state index is 12.3. The van der Waals surface area contributed by atoms with Crippen LogP contribution in [0.15, 0.2) is 48.5 Å². The summed E-state index contributed by atoms with van der Waals surface area (Å²) in [7, 11) is 1.36. The average molecular weight is 398 g/mol. The molecule has 1 saturated heterocycles. The fourth-order valence-corrected chi connectivity index (χ4v) is 3.42. The Morgan fingerprint density at radius 3 is 2.45 bits per heavy atom. The first-order valence-electron chi connectivity index (χ1n) is 9.66. The molecule has 1 heterocycles. The van der Waals surface area contributed by atoms with Gasteiger partial charge in [0.1, 0.15) is 0 Å². The van der Waals surface area contributed by atoms with E-state index in [4.69, 9.17) is 4.74 Å². The van der Waals surface area contributed by atoms with E-state index in [9.17, 15) is 14.9 Å². The monoisotopic (exact) mass is 398 g/mol. The molecule has 0 aromatic heterocycles. The van der Waals surface area contributed by atoms with Crippen molar-refractivity contribution in [3.63, 3.8) is 0 Å². The zero-order valence-electron chi connectivity index (χ0n) is 16.5. The summed E-state index contributed by atoms with van der Waals surface area (Å²) in [5.41, 5.74) is 1.36. The van der Waals surface area contributed by atoms with Crippen LogP contribution in [0, 0.1) is 10.1 Å². The molecule has 1 aliphatic heterocycles. The van der Waals surface area contributed by atoms with Crippen LogP contribution in [0.3, 0.4) is 0 Å². The number of piperazine rings is 1. The van der Waals surface area contributed by atoms with Gasteiger partial charge in [0.25, 0.3) is 5.91 Å². The Morgan fingerprint density at radius 1 is 1.10 bits per heavy atom. The van der Waals surface area contributed by atoms with Crippen molar-refractivity contribution < 1.29 is 14.5 Å². The number of amides is 1. The molecular weight excluding hydrogens is 372 g/mol. The summed E-state index contributed by atoms with van der Waals surface area (Å²) in [5.74, 6) is -0.182. The van der Waals surface area contributed by atoms with Crippen LogP contribution in [0.4, 0.5) is 5.69 Å². The third kappa shape index (κ3) is 5.75. The van der Waals surface area contributed by atoms with E-state index in [0.29, 0.717) is 6.54 Å². The third-order valence-corrected chi connectivity index (χ3v) is 5.07. The van der Waals surface area contributed by atoms with E-state index in [0.717, 1.165) is 39.3 Å². The van der Waals surface area contributed by atoms with E-state index in [1.54, 1.807) is 0 Å². The quantitative estimate of drug-likeness (QED) is 0.542. The van der Waals surface area contributed by atoms with E-state index >= 15 is 0 Å². The molecule has 0 spiro atoms. The average Bonchev–Trinajstić information content (AvgIpc) is 2.75. The molecule has 2 aromatic rings. The number of carbonyl (C=O) groups excluding carboxylic acids is 1. The zero-order valence-corrected chi connectivity index (χ0v) is 16.5. The highest BCUT2D eigenvalue weighted by atomic mass is 16.6. The molecule has 0 atom stereocenters. The molecule has 1 aliphatic rings. The summed E-state index contributed by atoms with van der Waals surface area (Å²) in [6.45, 7) is 6.11. The Morgan fingerprint density at radius 2 is 1.79 bits per heavy atom. The minimum absolute atomic E-state index is 0.139. The third-order valence-electron chi connectivity index (χ3n) is 5.07. The van der Waals surface area contributed by atoms with Crippen molar-refractivity contribution in [2.24, 2.45) is 0 Å². The van der Waals surface area contributed by atoms with Gasteiger partial charge >= 0.3 is 5.69 Å². The lowest BCUT2D eigenvalue weighted by Crippen LogP contribution is -2.48. The second-order valence-electron chi connectivity index (χ2n) is 7.00. The number of nitro groups is 1. The highest BCUT2D eigenvalue weighted by Crippen LogP contribution is 2.27. The summed E-state index contributed by atoms with van der Waals surface area (Å²) in [6.07, 6.45) is 0. The fraction of sp³-hybridized carbons (Fsp3) is 0.381. The summed E-state index contributed by atoms with van der Waals surface area (Å²) in [4.78, 5) is 27.6. The predicted octanol–water partition coefficient (Wildman–Crippen LogP) is 2.15. The predicted molar refractivity (Wildman–Crippen MR) is 110 cm³/mol. The molecule has 1 N–H and O–H groups in total. The number of carbonyl (C=O) groups is 1. The molecule has 1 amide bonds. The van der Waals surface area contributed by atoms with Gasteiger partial charge in [-0.1, -0.05) is 30.3 Å². The molecular formula is C21H26N4O4. The van der Waals surface area contributed by atoms with E-state index in [1.165, 1.54) is 30.9 Å². The second kappa shape index (κ2) is 9.99. The second-order valence-corrected chi connectivity index (χ2v) is 7.00. The summed E-state index contributed by atoms with van der Waals surface area (Å²) in [5, 5.41) is 13.9. The maximum Gasteiger partial charge on any atom is 0.311 e. The summed E-state index contributed by atoms with van der Waals surface area (Å²) < 4.78 is 4.96. The number of nitro benzene ring substituents is 1. The molecule has 154 valence electrons. The lowest BCUT2D eigenvalue weighted by atomic mass is 10.1. The molecule has 8 heteroatoms. The van der Waals surface area contributed by atoms with Gasteiger partial charge < -0.3 is 10.1 Å².